The highest BCUT2D eigenvalue weighted by Crippen LogP contribution is 2.35. The molecular weight excluding hydrogens is 328 g/mol. The summed E-state index contributed by atoms with van der Waals surface area (Å²) in [6.07, 6.45) is 0.935. The molecule has 0 aliphatic carbocycles. The van der Waals surface area contributed by atoms with Crippen LogP contribution in [0.3, 0.4) is 0 Å². The van der Waals surface area contributed by atoms with E-state index in [1.54, 1.807) is 0 Å². The second-order valence-corrected chi connectivity index (χ2v) is 7.06. The summed E-state index contributed by atoms with van der Waals surface area (Å²) in [5.74, 6) is 2.66. The zero-order chi connectivity index (χ0) is 16.9. The third kappa shape index (κ3) is 3.99. The fraction of sp³-hybridized carbons (Fsp3) is 0.182. The molecule has 126 valence electrons. The van der Waals surface area contributed by atoms with Crippen LogP contribution in [0.15, 0.2) is 77.7 Å². The lowest BCUT2D eigenvalue weighted by Crippen LogP contribution is -1.97. The average Bonchev–Trinajstić information content (AvgIpc) is 2.92. The monoisotopic (exact) mass is 348 g/mol. The molecule has 25 heavy (non-hydrogen) atoms. The molecule has 3 aromatic carbocycles. The zero-order valence-electron chi connectivity index (χ0n) is 14.0. The Morgan fingerprint density at radius 2 is 1.44 bits per heavy atom. The summed E-state index contributed by atoms with van der Waals surface area (Å²) >= 11 is 1.82. The molecule has 0 aromatic heterocycles. The fourth-order valence-electron chi connectivity index (χ4n) is 2.82. The first-order valence-corrected chi connectivity index (χ1v) is 9.54. The molecule has 1 aliphatic heterocycles. The summed E-state index contributed by atoms with van der Waals surface area (Å²) in [7, 11) is 0. The van der Waals surface area contributed by atoms with Gasteiger partial charge in [0, 0.05) is 17.1 Å². The quantitative estimate of drug-likeness (QED) is 0.555. The van der Waals surface area contributed by atoms with Gasteiger partial charge < -0.3 is 9.47 Å². The van der Waals surface area contributed by atoms with Gasteiger partial charge in [-0.15, -0.1) is 11.8 Å². The number of hydrogen-bond donors (Lipinski definition) is 0. The highest BCUT2D eigenvalue weighted by molar-refractivity contribution is 7.98. The van der Waals surface area contributed by atoms with E-state index in [9.17, 15) is 0 Å². The molecule has 4 rings (SSSR count). The minimum Gasteiger partial charge on any atom is -0.490 e. The van der Waals surface area contributed by atoms with E-state index in [0.29, 0.717) is 0 Å². The van der Waals surface area contributed by atoms with Crippen molar-refractivity contribution in [2.24, 2.45) is 0 Å². The summed E-state index contributed by atoms with van der Waals surface area (Å²) in [5, 5.41) is 0. The van der Waals surface area contributed by atoms with Gasteiger partial charge in [-0.2, -0.15) is 0 Å². The molecule has 0 fully saturated rings. The lowest BCUT2D eigenvalue weighted by atomic mass is 10.0. The van der Waals surface area contributed by atoms with Crippen LogP contribution in [0.5, 0.6) is 11.5 Å². The van der Waals surface area contributed by atoms with Crippen molar-refractivity contribution in [2.45, 2.75) is 17.1 Å². The maximum absolute atomic E-state index is 5.77. The van der Waals surface area contributed by atoms with Crippen LogP contribution >= 0.6 is 11.8 Å². The number of benzene rings is 3. The van der Waals surface area contributed by atoms with E-state index in [1.165, 1.54) is 21.6 Å². The van der Waals surface area contributed by atoms with Gasteiger partial charge in [0.1, 0.15) is 0 Å². The van der Waals surface area contributed by atoms with Crippen LogP contribution in [-0.2, 0) is 5.75 Å². The number of rotatable bonds is 4. The first-order chi connectivity index (χ1) is 12.4. The Morgan fingerprint density at radius 1 is 0.720 bits per heavy atom. The van der Waals surface area contributed by atoms with Crippen molar-refractivity contribution in [1.29, 1.82) is 0 Å². The number of hydrogen-bond acceptors (Lipinski definition) is 3. The molecular formula is C22H20O2S. The fourth-order valence-corrected chi connectivity index (χ4v) is 3.70. The van der Waals surface area contributed by atoms with Gasteiger partial charge in [-0.3, -0.25) is 0 Å². The molecule has 0 spiro atoms. The van der Waals surface area contributed by atoms with Gasteiger partial charge in [-0.1, -0.05) is 54.6 Å². The zero-order valence-corrected chi connectivity index (χ0v) is 14.8. The first-order valence-electron chi connectivity index (χ1n) is 8.55. The topological polar surface area (TPSA) is 18.5 Å². The van der Waals surface area contributed by atoms with Crippen molar-refractivity contribution in [1.82, 2.24) is 0 Å². The van der Waals surface area contributed by atoms with Crippen LogP contribution in [0, 0.1) is 0 Å². The molecule has 0 N–H and O–H groups in total. The van der Waals surface area contributed by atoms with Gasteiger partial charge >= 0.3 is 0 Å². The Morgan fingerprint density at radius 3 is 2.24 bits per heavy atom. The van der Waals surface area contributed by atoms with Crippen molar-refractivity contribution in [3.63, 3.8) is 0 Å². The van der Waals surface area contributed by atoms with Crippen LogP contribution in [0.4, 0.5) is 0 Å². The Kier molecular flexibility index (Phi) is 4.93. The van der Waals surface area contributed by atoms with E-state index in [0.717, 1.165) is 36.9 Å². The first kappa shape index (κ1) is 16.1. The molecule has 0 saturated heterocycles. The van der Waals surface area contributed by atoms with Crippen molar-refractivity contribution in [3.05, 3.63) is 78.4 Å². The molecule has 3 heteroatoms. The molecule has 1 aliphatic rings. The lowest BCUT2D eigenvalue weighted by Gasteiger charge is -2.09. The summed E-state index contributed by atoms with van der Waals surface area (Å²) in [5.41, 5.74) is 3.83. The molecule has 0 unspecified atom stereocenters. The van der Waals surface area contributed by atoms with Gasteiger partial charge in [-0.25, -0.2) is 0 Å². The predicted molar refractivity (Wildman–Crippen MR) is 103 cm³/mol. The van der Waals surface area contributed by atoms with Crippen LogP contribution in [0.2, 0.25) is 0 Å². The highest BCUT2D eigenvalue weighted by atomic mass is 32.2. The van der Waals surface area contributed by atoms with Gasteiger partial charge in [0.25, 0.3) is 0 Å². The summed E-state index contributed by atoms with van der Waals surface area (Å²) in [6.45, 7) is 1.45. The summed E-state index contributed by atoms with van der Waals surface area (Å²) in [4.78, 5) is 1.20. The van der Waals surface area contributed by atoms with Crippen molar-refractivity contribution in [2.75, 3.05) is 13.2 Å². The highest BCUT2D eigenvalue weighted by Gasteiger charge is 2.10. The standard InChI is InChI=1S/C22H20O2S/c1-2-5-18(6-3-1)19-9-7-17(8-10-19)16-25-20-11-12-21-22(15-20)24-14-4-13-23-21/h1-3,5-12,15H,4,13-14,16H2. The van der Waals surface area contributed by atoms with Gasteiger partial charge in [-0.05, 0) is 34.9 Å². The van der Waals surface area contributed by atoms with Crippen molar-refractivity contribution >= 4 is 11.8 Å². The minimum absolute atomic E-state index is 0.724. The predicted octanol–water partition coefficient (Wildman–Crippen LogP) is 5.81. The molecule has 1 heterocycles. The maximum Gasteiger partial charge on any atom is 0.162 e. The van der Waals surface area contributed by atoms with Crippen LogP contribution < -0.4 is 9.47 Å². The molecule has 0 radical (unpaired) electrons. The van der Waals surface area contributed by atoms with Gasteiger partial charge in [0.15, 0.2) is 11.5 Å². The van der Waals surface area contributed by atoms with E-state index in [4.69, 9.17) is 9.47 Å². The normalized spacial score (nSPS) is 13.3. The van der Waals surface area contributed by atoms with Gasteiger partial charge in [0.05, 0.1) is 13.2 Å². The Bertz CT molecular complexity index is 828. The van der Waals surface area contributed by atoms with E-state index >= 15 is 0 Å². The van der Waals surface area contributed by atoms with E-state index in [2.05, 4.69) is 60.7 Å². The molecule has 0 bridgehead atoms. The lowest BCUT2D eigenvalue weighted by molar-refractivity contribution is 0.297. The van der Waals surface area contributed by atoms with Crippen LogP contribution in [-0.4, -0.2) is 13.2 Å². The Labute approximate surface area is 152 Å². The van der Waals surface area contributed by atoms with Crippen molar-refractivity contribution < 1.29 is 9.47 Å². The van der Waals surface area contributed by atoms with E-state index < -0.39 is 0 Å². The maximum atomic E-state index is 5.77. The van der Waals surface area contributed by atoms with Crippen LogP contribution in [0.25, 0.3) is 11.1 Å². The van der Waals surface area contributed by atoms with Crippen molar-refractivity contribution in [3.8, 4) is 22.6 Å². The molecule has 2 nitrogen and oxygen atoms in total. The largest absolute Gasteiger partial charge is 0.490 e. The average molecular weight is 348 g/mol. The molecule has 0 saturated carbocycles. The van der Waals surface area contributed by atoms with E-state index in [-0.39, 0.29) is 0 Å². The SMILES string of the molecule is c1ccc(-c2ccc(CSc3ccc4c(c3)OCCCO4)cc2)cc1. The molecule has 0 amide bonds. The number of fused-ring (bicyclic) bond motifs is 1. The van der Waals surface area contributed by atoms with Crippen LogP contribution in [0.1, 0.15) is 12.0 Å². The second-order valence-electron chi connectivity index (χ2n) is 6.01. The van der Waals surface area contributed by atoms with E-state index in [1.807, 2.05) is 23.9 Å². The third-order valence-corrected chi connectivity index (χ3v) is 5.25. The smallest absolute Gasteiger partial charge is 0.162 e. The number of ether oxygens (including phenoxy) is 2. The molecule has 0 atom stereocenters. The molecule has 3 aromatic rings. The summed E-state index contributed by atoms with van der Waals surface area (Å²) < 4.78 is 11.5. The Balaban J connectivity index is 1.42. The number of thioether (sulfide) groups is 1. The summed E-state index contributed by atoms with van der Waals surface area (Å²) in [6, 6.07) is 25.5. The second kappa shape index (κ2) is 7.66. The van der Waals surface area contributed by atoms with Gasteiger partial charge in [0.2, 0.25) is 0 Å². The minimum atomic E-state index is 0.724. The Hall–Kier alpha value is -2.39. The third-order valence-electron chi connectivity index (χ3n) is 4.19.